The molecule has 0 amide bonds. The van der Waals surface area contributed by atoms with Gasteiger partial charge in [0.25, 0.3) is 6.43 Å². The normalized spacial score (nSPS) is 10.0. The van der Waals surface area contributed by atoms with Crippen molar-refractivity contribution < 1.29 is 18.3 Å². The minimum Gasteiger partial charge on any atom is -0.492 e. The number of nitriles is 1. The number of rotatable bonds is 4. The van der Waals surface area contributed by atoms with Crippen LogP contribution in [0.4, 0.5) is 8.78 Å². The minimum atomic E-state index is -2.75. The van der Waals surface area contributed by atoms with Crippen molar-refractivity contribution >= 4 is 0 Å². The van der Waals surface area contributed by atoms with Crippen molar-refractivity contribution in [2.24, 2.45) is 0 Å². The van der Waals surface area contributed by atoms with Crippen molar-refractivity contribution in [2.45, 2.75) is 12.8 Å². The van der Waals surface area contributed by atoms with E-state index in [2.05, 4.69) is 4.98 Å². The van der Waals surface area contributed by atoms with Crippen molar-refractivity contribution in [2.75, 3.05) is 14.2 Å². The van der Waals surface area contributed by atoms with E-state index in [1.165, 1.54) is 14.2 Å². The maximum absolute atomic E-state index is 12.6. The van der Waals surface area contributed by atoms with E-state index in [9.17, 15) is 8.78 Å². The third-order valence-electron chi connectivity index (χ3n) is 2.01. The summed E-state index contributed by atoms with van der Waals surface area (Å²) < 4.78 is 35.1. The molecule has 0 aromatic carbocycles. The van der Waals surface area contributed by atoms with Crippen LogP contribution in [0.3, 0.4) is 0 Å². The Morgan fingerprint density at radius 1 is 1.44 bits per heavy atom. The van der Waals surface area contributed by atoms with Gasteiger partial charge in [-0.1, -0.05) is 0 Å². The second-order valence-electron chi connectivity index (χ2n) is 2.86. The number of alkyl halides is 2. The largest absolute Gasteiger partial charge is 0.492 e. The summed E-state index contributed by atoms with van der Waals surface area (Å²) in [7, 11) is 2.70. The summed E-state index contributed by atoms with van der Waals surface area (Å²) in [4.78, 5) is 3.57. The first kappa shape index (κ1) is 12.2. The van der Waals surface area contributed by atoms with Crippen molar-refractivity contribution in [1.29, 1.82) is 5.26 Å². The highest BCUT2D eigenvalue weighted by Crippen LogP contribution is 2.35. The van der Waals surface area contributed by atoms with Gasteiger partial charge in [-0.25, -0.2) is 8.78 Å². The van der Waals surface area contributed by atoms with Gasteiger partial charge < -0.3 is 9.47 Å². The smallest absolute Gasteiger partial charge is 0.280 e. The summed E-state index contributed by atoms with van der Waals surface area (Å²) in [5.41, 5.74) is -0.376. The molecule has 1 aromatic rings. The molecule has 0 aliphatic heterocycles. The first-order chi connectivity index (χ1) is 7.65. The lowest BCUT2D eigenvalue weighted by Crippen LogP contribution is -2.03. The molecule has 0 saturated heterocycles. The summed E-state index contributed by atoms with van der Waals surface area (Å²) in [5.74, 6) is 0.367. The lowest BCUT2D eigenvalue weighted by Gasteiger charge is -2.13. The molecule has 0 atom stereocenters. The number of pyridine rings is 1. The Labute approximate surface area is 91.4 Å². The summed E-state index contributed by atoms with van der Waals surface area (Å²) in [6.07, 6.45) is -1.79. The molecule has 16 heavy (non-hydrogen) atoms. The molecule has 0 bridgehead atoms. The number of methoxy groups -OCH3 is 2. The number of aromatic nitrogens is 1. The summed E-state index contributed by atoms with van der Waals surface area (Å²) >= 11 is 0. The molecule has 0 unspecified atom stereocenters. The van der Waals surface area contributed by atoms with Crippen LogP contribution in [0.5, 0.6) is 11.5 Å². The van der Waals surface area contributed by atoms with Gasteiger partial charge >= 0.3 is 0 Å². The number of halogens is 2. The van der Waals surface area contributed by atoms with Crippen LogP contribution < -0.4 is 9.47 Å². The molecule has 0 aliphatic rings. The lowest BCUT2D eigenvalue weighted by atomic mass is 10.1. The molecular formula is C10H10F2N2O2. The number of hydrogen-bond donors (Lipinski definition) is 0. The molecule has 0 fully saturated rings. The number of hydrogen-bond acceptors (Lipinski definition) is 4. The monoisotopic (exact) mass is 228 g/mol. The number of ether oxygens (including phenoxy) is 2. The highest BCUT2D eigenvalue weighted by molar-refractivity contribution is 5.48. The molecule has 6 heteroatoms. The van der Waals surface area contributed by atoms with Gasteiger partial charge in [0.1, 0.15) is 5.69 Å². The third kappa shape index (κ3) is 2.19. The standard InChI is InChI=1S/C10H10F2N2O2/c1-15-7-5-14-8(10(11)12)6(3-4-13)9(7)16-2/h5,10H,3H2,1-2H3. The molecule has 0 spiro atoms. The van der Waals surface area contributed by atoms with E-state index in [1.807, 2.05) is 0 Å². The molecule has 0 N–H and O–H groups in total. The van der Waals surface area contributed by atoms with Crippen LogP contribution in [0, 0.1) is 11.3 Å². The molecule has 0 radical (unpaired) electrons. The van der Waals surface area contributed by atoms with Gasteiger partial charge in [-0.15, -0.1) is 0 Å². The Balaban J connectivity index is 3.38. The van der Waals surface area contributed by atoms with E-state index in [-0.39, 0.29) is 23.5 Å². The molecule has 1 aromatic heterocycles. The fraction of sp³-hybridized carbons (Fsp3) is 0.400. The average molecular weight is 228 g/mol. The summed E-state index contributed by atoms with van der Waals surface area (Å²) in [5, 5.41) is 8.59. The highest BCUT2D eigenvalue weighted by Gasteiger charge is 2.21. The lowest BCUT2D eigenvalue weighted by molar-refractivity contribution is 0.144. The van der Waals surface area contributed by atoms with Crippen molar-refractivity contribution in [3.8, 4) is 17.6 Å². The van der Waals surface area contributed by atoms with Gasteiger partial charge in [-0.3, -0.25) is 4.98 Å². The van der Waals surface area contributed by atoms with Gasteiger partial charge in [0.05, 0.1) is 32.9 Å². The zero-order valence-electron chi connectivity index (χ0n) is 8.83. The van der Waals surface area contributed by atoms with E-state index in [4.69, 9.17) is 14.7 Å². The van der Waals surface area contributed by atoms with Gasteiger partial charge in [-0.05, 0) is 0 Å². The third-order valence-corrected chi connectivity index (χ3v) is 2.01. The molecule has 4 nitrogen and oxygen atoms in total. The Morgan fingerprint density at radius 3 is 2.56 bits per heavy atom. The van der Waals surface area contributed by atoms with Crippen molar-refractivity contribution in [1.82, 2.24) is 4.98 Å². The molecule has 86 valence electrons. The van der Waals surface area contributed by atoms with Crippen LogP contribution in [0.2, 0.25) is 0 Å². The quantitative estimate of drug-likeness (QED) is 0.791. The van der Waals surface area contributed by atoms with Gasteiger partial charge in [-0.2, -0.15) is 5.26 Å². The van der Waals surface area contributed by atoms with Crippen LogP contribution in [0.25, 0.3) is 0 Å². The van der Waals surface area contributed by atoms with E-state index >= 15 is 0 Å². The zero-order valence-corrected chi connectivity index (χ0v) is 8.83. The number of nitrogens with zero attached hydrogens (tertiary/aromatic N) is 2. The maximum Gasteiger partial charge on any atom is 0.280 e. The van der Waals surface area contributed by atoms with Crippen LogP contribution in [-0.4, -0.2) is 19.2 Å². The summed E-state index contributed by atoms with van der Waals surface area (Å²) in [6.45, 7) is 0. The molecular weight excluding hydrogens is 218 g/mol. The highest BCUT2D eigenvalue weighted by atomic mass is 19.3. The van der Waals surface area contributed by atoms with Gasteiger partial charge in [0.15, 0.2) is 11.5 Å². The SMILES string of the molecule is COc1cnc(C(F)F)c(CC#N)c1OC. The minimum absolute atomic E-state index is 0.0688. The van der Waals surface area contributed by atoms with Crippen molar-refractivity contribution in [3.63, 3.8) is 0 Å². The van der Waals surface area contributed by atoms with Crippen LogP contribution in [-0.2, 0) is 6.42 Å². The molecule has 1 rings (SSSR count). The Morgan fingerprint density at radius 2 is 2.12 bits per heavy atom. The first-order valence-electron chi connectivity index (χ1n) is 4.40. The first-order valence-corrected chi connectivity index (χ1v) is 4.40. The fourth-order valence-electron chi connectivity index (χ4n) is 1.34. The molecule has 0 saturated carbocycles. The average Bonchev–Trinajstić information content (AvgIpc) is 2.28. The Hall–Kier alpha value is -1.90. The van der Waals surface area contributed by atoms with Crippen LogP contribution in [0.15, 0.2) is 6.20 Å². The van der Waals surface area contributed by atoms with Crippen LogP contribution in [0.1, 0.15) is 17.7 Å². The van der Waals surface area contributed by atoms with Crippen LogP contribution >= 0.6 is 0 Å². The predicted molar refractivity (Wildman–Crippen MR) is 51.6 cm³/mol. The second kappa shape index (κ2) is 5.26. The topological polar surface area (TPSA) is 55.1 Å². The van der Waals surface area contributed by atoms with E-state index in [0.717, 1.165) is 6.20 Å². The van der Waals surface area contributed by atoms with Gasteiger partial charge in [0, 0.05) is 5.56 Å². The predicted octanol–water partition coefficient (Wildman–Crippen LogP) is 2.10. The van der Waals surface area contributed by atoms with E-state index in [0.29, 0.717) is 0 Å². The Kier molecular flexibility index (Phi) is 4.00. The maximum atomic E-state index is 12.6. The van der Waals surface area contributed by atoms with E-state index in [1.54, 1.807) is 6.07 Å². The fourth-order valence-corrected chi connectivity index (χ4v) is 1.34. The van der Waals surface area contributed by atoms with Gasteiger partial charge in [0.2, 0.25) is 0 Å². The summed E-state index contributed by atoms with van der Waals surface area (Å²) in [6, 6.07) is 1.80. The molecule has 0 aliphatic carbocycles. The zero-order chi connectivity index (χ0) is 12.1. The Bertz CT molecular complexity index is 416. The second-order valence-corrected chi connectivity index (χ2v) is 2.86. The molecule has 1 heterocycles. The van der Waals surface area contributed by atoms with Crippen molar-refractivity contribution in [3.05, 3.63) is 17.5 Å². The van der Waals surface area contributed by atoms with E-state index < -0.39 is 12.1 Å².